The number of nitrogens with one attached hydrogen (secondary N) is 1. The van der Waals surface area contributed by atoms with E-state index >= 15 is 0 Å². The molecule has 0 aromatic rings. The van der Waals surface area contributed by atoms with Crippen LogP contribution >= 0.6 is 0 Å². The van der Waals surface area contributed by atoms with Crippen molar-refractivity contribution in [2.45, 2.75) is 52.9 Å². The van der Waals surface area contributed by atoms with Crippen LogP contribution in [0.1, 0.15) is 52.9 Å². The Hall–Kier alpha value is -0.380. The Morgan fingerprint density at radius 1 is 1.29 bits per heavy atom. The first-order valence-corrected chi connectivity index (χ1v) is 8.33. The maximum absolute atomic E-state index is 11.3. The first-order valence-electron chi connectivity index (χ1n) is 6.84. The zero-order valence-corrected chi connectivity index (χ0v) is 12.3. The van der Waals surface area contributed by atoms with Gasteiger partial charge >= 0.3 is 0 Å². The molecule has 0 aromatic carbocycles. The molecule has 1 aliphatic heterocycles. The number of hydrogen-bond donors (Lipinski definition) is 1. The van der Waals surface area contributed by atoms with Gasteiger partial charge in [0.25, 0.3) is 0 Å². The average molecular weight is 261 g/mol. The number of rotatable bonds is 5. The third kappa shape index (κ3) is 8.36. The summed E-state index contributed by atoms with van der Waals surface area (Å²) in [4.78, 5) is 11.3. The van der Waals surface area contributed by atoms with Gasteiger partial charge in [0, 0.05) is 35.3 Å². The quantitative estimate of drug-likeness (QED) is 0.826. The molecule has 17 heavy (non-hydrogen) atoms. The molecule has 0 aromatic heterocycles. The Morgan fingerprint density at radius 2 is 1.88 bits per heavy atom. The fourth-order valence-electron chi connectivity index (χ4n) is 1.73. The molecule has 0 aliphatic carbocycles. The van der Waals surface area contributed by atoms with Gasteiger partial charge in [-0.05, 0) is 25.2 Å². The maximum atomic E-state index is 11.3. The third-order valence-electron chi connectivity index (χ3n) is 2.85. The van der Waals surface area contributed by atoms with E-state index in [0.29, 0.717) is 12.3 Å². The van der Waals surface area contributed by atoms with Crippen molar-refractivity contribution in [1.29, 1.82) is 0 Å². The summed E-state index contributed by atoms with van der Waals surface area (Å²) < 4.78 is 11.1. The molecule has 0 bridgehead atoms. The van der Waals surface area contributed by atoms with Gasteiger partial charge in [-0.3, -0.25) is 9.00 Å². The second-order valence-corrected chi connectivity index (χ2v) is 5.90. The molecule has 0 radical (unpaired) electrons. The Bertz CT molecular complexity index is 221. The summed E-state index contributed by atoms with van der Waals surface area (Å²) >= 11 is 0. The summed E-state index contributed by atoms with van der Waals surface area (Å²) in [7, 11) is -0.593. The predicted molar refractivity (Wildman–Crippen MR) is 74.5 cm³/mol. The second-order valence-electron chi connectivity index (χ2n) is 4.20. The van der Waals surface area contributed by atoms with Crippen LogP contribution in [0.15, 0.2) is 0 Å². The molecule has 0 spiro atoms. The van der Waals surface area contributed by atoms with Crippen molar-refractivity contribution in [3.63, 3.8) is 0 Å². The Labute approximate surface area is 108 Å². The zero-order valence-electron chi connectivity index (χ0n) is 11.5. The Morgan fingerprint density at radius 3 is 2.41 bits per heavy atom. The van der Waals surface area contributed by atoms with E-state index in [2.05, 4.69) is 12.2 Å². The molecule has 1 heterocycles. The molecule has 0 unspecified atom stereocenters. The lowest BCUT2D eigenvalue weighted by Crippen LogP contribution is -2.32. The Kier molecular flexibility index (Phi) is 10.5. The SMILES string of the molecule is CC.CCCCC(=O)NCC1CCS(=O)CC1. The van der Waals surface area contributed by atoms with Crippen LogP contribution < -0.4 is 5.32 Å². The first kappa shape index (κ1) is 16.6. The van der Waals surface area contributed by atoms with Gasteiger partial charge in [0.05, 0.1) is 0 Å². The van der Waals surface area contributed by atoms with Gasteiger partial charge in [-0.2, -0.15) is 0 Å². The van der Waals surface area contributed by atoms with Gasteiger partial charge in [-0.1, -0.05) is 27.2 Å². The van der Waals surface area contributed by atoms with Crippen molar-refractivity contribution < 1.29 is 9.00 Å². The minimum absolute atomic E-state index is 0.170. The largest absolute Gasteiger partial charge is 0.356 e. The van der Waals surface area contributed by atoms with Crippen molar-refractivity contribution in [3.8, 4) is 0 Å². The van der Waals surface area contributed by atoms with Gasteiger partial charge in [0.15, 0.2) is 0 Å². The van der Waals surface area contributed by atoms with Crippen molar-refractivity contribution in [2.75, 3.05) is 18.1 Å². The lowest BCUT2D eigenvalue weighted by atomic mass is 10.0. The summed E-state index contributed by atoms with van der Waals surface area (Å²) in [6.45, 7) is 6.86. The van der Waals surface area contributed by atoms with Crippen molar-refractivity contribution in [1.82, 2.24) is 5.32 Å². The average Bonchev–Trinajstić information content (AvgIpc) is 2.38. The van der Waals surface area contributed by atoms with Gasteiger partial charge < -0.3 is 5.32 Å². The van der Waals surface area contributed by atoms with E-state index in [1.165, 1.54) is 0 Å². The van der Waals surface area contributed by atoms with Crippen LogP contribution in [0.5, 0.6) is 0 Å². The molecule has 0 saturated carbocycles. The number of unbranched alkanes of at least 4 members (excludes halogenated alkanes) is 1. The lowest BCUT2D eigenvalue weighted by Gasteiger charge is -2.21. The summed E-state index contributed by atoms with van der Waals surface area (Å²) in [6.07, 6.45) is 4.69. The van der Waals surface area contributed by atoms with E-state index < -0.39 is 10.8 Å². The zero-order chi connectivity index (χ0) is 13.1. The van der Waals surface area contributed by atoms with Crippen LogP contribution in [0.4, 0.5) is 0 Å². The highest BCUT2D eigenvalue weighted by Crippen LogP contribution is 2.15. The predicted octanol–water partition coefficient (Wildman–Crippen LogP) is 2.48. The molecule has 1 fully saturated rings. The van der Waals surface area contributed by atoms with Crippen molar-refractivity contribution in [3.05, 3.63) is 0 Å². The van der Waals surface area contributed by atoms with Crippen LogP contribution in [-0.4, -0.2) is 28.2 Å². The smallest absolute Gasteiger partial charge is 0.220 e. The van der Waals surface area contributed by atoms with Gasteiger partial charge in [-0.25, -0.2) is 0 Å². The van der Waals surface area contributed by atoms with Crippen molar-refractivity contribution >= 4 is 16.7 Å². The van der Waals surface area contributed by atoms with E-state index in [0.717, 1.165) is 43.7 Å². The molecular weight excluding hydrogens is 234 g/mol. The lowest BCUT2D eigenvalue weighted by molar-refractivity contribution is -0.121. The highest BCUT2D eigenvalue weighted by Gasteiger charge is 2.17. The van der Waals surface area contributed by atoms with Crippen LogP contribution in [0.2, 0.25) is 0 Å². The number of carbonyl (C=O) groups excluding carboxylic acids is 1. The standard InChI is InChI=1S/C11H21NO2S.C2H6/c1-2-3-4-11(13)12-9-10-5-7-15(14)8-6-10;1-2/h10H,2-9H2,1H3,(H,12,13);1-2H3. The van der Waals surface area contributed by atoms with Gasteiger partial charge in [0.1, 0.15) is 0 Å². The highest BCUT2D eigenvalue weighted by molar-refractivity contribution is 7.85. The second kappa shape index (κ2) is 10.8. The van der Waals surface area contributed by atoms with Crippen molar-refractivity contribution in [2.24, 2.45) is 5.92 Å². The molecular formula is C13H27NO2S. The number of hydrogen-bond acceptors (Lipinski definition) is 2. The minimum Gasteiger partial charge on any atom is -0.356 e. The minimum atomic E-state index is -0.593. The van der Waals surface area contributed by atoms with Crippen LogP contribution in [0, 0.1) is 5.92 Å². The number of carbonyl (C=O) groups is 1. The highest BCUT2D eigenvalue weighted by atomic mass is 32.2. The normalized spacial score (nSPS) is 23.5. The van der Waals surface area contributed by atoms with Crippen LogP contribution in [0.25, 0.3) is 0 Å². The fourth-order valence-corrected chi connectivity index (χ4v) is 3.13. The van der Waals surface area contributed by atoms with E-state index in [1.807, 2.05) is 13.8 Å². The van der Waals surface area contributed by atoms with Gasteiger partial charge in [0.2, 0.25) is 5.91 Å². The van der Waals surface area contributed by atoms with E-state index in [-0.39, 0.29) is 5.91 Å². The molecule has 102 valence electrons. The van der Waals surface area contributed by atoms with E-state index in [1.54, 1.807) is 0 Å². The third-order valence-corrected chi connectivity index (χ3v) is 4.23. The number of amides is 1. The van der Waals surface area contributed by atoms with Crippen LogP contribution in [0.3, 0.4) is 0 Å². The topological polar surface area (TPSA) is 46.2 Å². The molecule has 1 N–H and O–H groups in total. The summed E-state index contributed by atoms with van der Waals surface area (Å²) in [5.41, 5.74) is 0. The molecule has 1 rings (SSSR count). The molecule has 1 aliphatic rings. The van der Waals surface area contributed by atoms with Crippen LogP contribution in [-0.2, 0) is 15.6 Å². The fraction of sp³-hybridized carbons (Fsp3) is 0.923. The summed E-state index contributed by atoms with van der Waals surface area (Å²) in [5.74, 6) is 2.35. The van der Waals surface area contributed by atoms with E-state index in [4.69, 9.17) is 0 Å². The first-order chi connectivity index (χ1) is 8.22. The molecule has 3 nitrogen and oxygen atoms in total. The molecule has 1 amide bonds. The Balaban J connectivity index is 0.00000121. The van der Waals surface area contributed by atoms with Gasteiger partial charge in [-0.15, -0.1) is 0 Å². The monoisotopic (exact) mass is 261 g/mol. The van der Waals surface area contributed by atoms with E-state index in [9.17, 15) is 9.00 Å². The maximum Gasteiger partial charge on any atom is 0.220 e. The molecule has 4 heteroatoms. The summed E-state index contributed by atoms with van der Waals surface area (Å²) in [6, 6.07) is 0. The molecule has 1 saturated heterocycles. The molecule has 0 atom stereocenters. The summed E-state index contributed by atoms with van der Waals surface area (Å²) in [5, 5.41) is 2.96.